The van der Waals surface area contributed by atoms with Crippen molar-refractivity contribution in [2.45, 2.75) is 12.0 Å². The van der Waals surface area contributed by atoms with Gasteiger partial charge in [0.1, 0.15) is 17.4 Å². The average Bonchev–Trinajstić information content (AvgIpc) is 3.71. The molecule has 3 heterocycles. The first kappa shape index (κ1) is 28.2. The summed E-state index contributed by atoms with van der Waals surface area (Å²) in [4.78, 5) is 10.7. The van der Waals surface area contributed by atoms with Crippen LogP contribution < -0.4 is 4.58 Å². The molecule has 2 unspecified atom stereocenters. The largest absolute Gasteiger partial charge is 0.318 e. The van der Waals surface area contributed by atoms with E-state index in [1.807, 2.05) is 0 Å². The molecular formula is C47H31N4+. The number of benzene rings is 6. The van der Waals surface area contributed by atoms with Gasteiger partial charge in [-0.1, -0.05) is 133 Å². The molecule has 4 nitrogen and oxygen atoms in total. The minimum Gasteiger partial charge on any atom is -0.318 e. The van der Waals surface area contributed by atoms with Crippen LogP contribution in [0.3, 0.4) is 0 Å². The van der Waals surface area contributed by atoms with Crippen LogP contribution in [0.1, 0.15) is 28.9 Å². The topological polar surface area (TPSA) is 33.7 Å². The maximum Gasteiger partial charge on any atom is 0.235 e. The lowest BCUT2D eigenvalue weighted by Gasteiger charge is -2.24. The van der Waals surface area contributed by atoms with E-state index in [4.69, 9.17) is 9.97 Å². The summed E-state index contributed by atoms with van der Waals surface area (Å²) in [5, 5.41) is 2.51. The van der Waals surface area contributed by atoms with Gasteiger partial charge in [-0.3, -0.25) is 0 Å². The third-order valence-electron chi connectivity index (χ3n) is 10.8. The second-order valence-electron chi connectivity index (χ2n) is 13.5. The smallest absolute Gasteiger partial charge is 0.235 e. The lowest BCUT2D eigenvalue weighted by molar-refractivity contribution is 0.781. The predicted molar refractivity (Wildman–Crippen MR) is 209 cm³/mol. The molecule has 51 heavy (non-hydrogen) atoms. The molecule has 0 radical (unpaired) electrons. The van der Waals surface area contributed by atoms with Gasteiger partial charge in [0.2, 0.25) is 17.1 Å². The first-order valence-corrected chi connectivity index (χ1v) is 17.6. The fraction of sp³-hybridized carbons (Fsp3) is 0.0426. The van der Waals surface area contributed by atoms with E-state index in [-0.39, 0.29) is 12.0 Å². The fourth-order valence-electron chi connectivity index (χ4n) is 8.58. The van der Waals surface area contributed by atoms with Crippen LogP contribution in [0.2, 0.25) is 0 Å². The molecule has 8 aromatic rings. The van der Waals surface area contributed by atoms with Gasteiger partial charge in [0.25, 0.3) is 0 Å². The van der Waals surface area contributed by atoms with Gasteiger partial charge in [0.05, 0.1) is 22.8 Å². The first-order valence-electron chi connectivity index (χ1n) is 17.6. The standard InChI is InChI=1S/C47H31N4/c1-4-15-30(16-5-1)39-29-40(31-17-6-2-7-18-31)49-47(48-39)45-34-22-11-10-21-33(34)36-28-44-37(27-38(36)45)35-23-14-26-43-46(35)51(44)42-25-13-12-24-41(42)50(43)32-19-8-3-9-20-32/h1-29,42,45H/q+1. The first-order chi connectivity index (χ1) is 25.3. The average molecular weight is 652 g/mol. The SMILES string of the molecule is C1=CC2=[N+](c3ccccc3)c3cccc4c5cc6c(cc5n(c34)C2C=C1)-c1ccccc1C6c1nc(-c2ccccc2)cc(-c2ccccc2)n1. The zero-order valence-corrected chi connectivity index (χ0v) is 27.7. The van der Waals surface area contributed by atoms with Crippen LogP contribution in [-0.2, 0) is 0 Å². The van der Waals surface area contributed by atoms with Crippen LogP contribution in [0.5, 0.6) is 0 Å². The highest BCUT2D eigenvalue weighted by Gasteiger charge is 2.39. The van der Waals surface area contributed by atoms with E-state index in [0.29, 0.717) is 0 Å². The van der Waals surface area contributed by atoms with E-state index in [2.05, 4.69) is 185 Å². The molecule has 0 amide bonds. The Hall–Kier alpha value is -6.65. The monoisotopic (exact) mass is 651 g/mol. The molecule has 11 rings (SSSR count). The summed E-state index contributed by atoms with van der Waals surface area (Å²) in [7, 11) is 0. The number of hydrogen-bond acceptors (Lipinski definition) is 2. The highest BCUT2D eigenvalue weighted by molar-refractivity contribution is 6.18. The van der Waals surface area contributed by atoms with Crippen LogP contribution in [0.25, 0.3) is 55.4 Å². The van der Waals surface area contributed by atoms with Crippen LogP contribution >= 0.6 is 0 Å². The molecule has 2 aromatic heterocycles. The molecule has 4 heteroatoms. The lowest BCUT2D eigenvalue weighted by Crippen LogP contribution is -2.30. The molecule has 0 N–H and O–H groups in total. The van der Waals surface area contributed by atoms with Crippen molar-refractivity contribution in [3.8, 4) is 33.6 Å². The summed E-state index contributed by atoms with van der Waals surface area (Å²) in [6, 6.07) is 54.3. The van der Waals surface area contributed by atoms with Crippen LogP contribution in [0.4, 0.5) is 11.4 Å². The van der Waals surface area contributed by atoms with E-state index in [0.717, 1.165) is 28.3 Å². The van der Waals surface area contributed by atoms with Gasteiger partial charge >= 0.3 is 0 Å². The van der Waals surface area contributed by atoms with Crippen molar-refractivity contribution in [3.63, 3.8) is 0 Å². The van der Waals surface area contributed by atoms with Crippen LogP contribution in [0.15, 0.2) is 176 Å². The number of aromatic nitrogens is 3. The number of rotatable bonds is 4. The maximum atomic E-state index is 5.35. The molecular weight excluding hydrogens is 621 g/mol. The third-order valence-corrected chi connectivity index (χ3v) is 10.8. The predicted octanol–water partition coefficient (Wildman–Crippen LogP) is 11.0. The second kappa shape index (κ2) is 10.9. The van der Waals surface area contributed by atoms with Crippen molar-refractivity contribution in [3.05, 3.63) is 193 Å². The second-order valence-corrected chi connectivity index (χ2v) is 13.5. The molecule has 0 saturated heterocycles. The van der Waals surface area contributed by atoms with E-state index in [1.54, 1.807) is 0 Å². The van der Waals surface area contributed by atoms with Gasteiger partial charge in [0, 0.05) is 46.2 Å². The summed E-state index contributed by atoms with van der Waals surface area (Å²) in [5.41, 5.74) is 15.1. The zero-order chi connectivity index (χ0) is 33.5. The molecule has 0 saturated carbocycles. The van der Waals surface area contributed by atoms with Crippen LogP contribution in [0, 0.1) is 0 Å². The molecule has 2 aliphatic carbocycles. The van der Waals surface area contributed by atoms with E-state index in [9.17, 15) is 0 Å². The maximum absolute atomic E-state index is 5.35. The number of fused-ring (bicyclic) bond motifs is 8. The Morgan fingerprint density at radius 1 is 0.549 bits per heavy atom. The van der Waals surface area contributed by atoms with Crippen molar-refractivity contribution < 1.29 is 0 Å². The summed E-state index contributed by atoms with van der Waals surface area (Å²) in [5.74, 6) is 0.708. The van der Waals surface area contributed by atoms with Crippen molar-refractivity contribution >= 4 is 38.9 Å². The van der Waals surface area contributed by atoms with Crippen LogP contribution in [-0.4, -0.2) is 20.2 Å². The Morgan fingerprint density at radius 2 is 1.24 bits per heavy atom. The van der Waals surface area contributed by atoms with Gasteiger partial charge in [-0.15, -0.1) is 0 Å². The van der Waals surface area contributed by atoms with Gasteiger partial charge in [0.15, 0.2) is 0 Å². The quantitative estimate of drug-likeness (QED) is 0.178. The molecule has 2 atom stereocenters. The zero-order valence-electron chi connectivity index (χ0n) is 27.7. The molecule has 0 spiro atoms. The highest BCUT2D eigenvalue weighted by Crippen LogP contribution is 2.52. The lowest BCUT2D eigenvalue weighted by atomic mass is 9.94. The van der Waals surface area contributed by atoms with Crippen molar-refractivity contribution in [1.29, 1.82) is 0 Å². The van der Waals surface area contributed by atoms with Gasteiger partial charge in [-0.2, -0.15) is 4.58 Å². The summed E-state index contributed by atoms with van der Waals surface area (Å²) in [6.45, 7) is 0. The number of hydrogen-bond donors (Lipinski definition) is 0. The van der Waals surface area contributed by atoms with E-state index < -0.39 is 0 Å². The van der Waals surface area contributed by atoms with E-state index in [1.165, 1.54) is 61.1 Å². The van der Waals surface area contributed by atoms with Gasteiger partial charge < -0.3 is 4.57 Å². The Kier molecular flexibility index (Phi) is 6.05. The molecule has 0 fully saturated rings. The Morgan fingerprint density at radius 3 is 1.98 bits per heavy atom. The molecule has 3 aliphatic rings. The van der Waals surface area contributed by atoms with Crippen molar-refractivity contribution in [2.24, 2.45) is 0 Å². The number of para-hydroxylation sites is 2. The Balaban J connectivity index is 1.18. The molecule has 238 valence electrons. The number of allylic oxidation sites excluding steroid dienone is 4. The minimum atomic E-state index is -0.112. The van der Waals surface area contributed by atoms with Gasteiger partial charge in [-0.25, -0.2) is 9.97 Å². The summed E-state index contributed by atoms with van der Waals surface area (Å²) in [6.07, 6.45) is 8.94. The minimum absolute atomic E-state index is 0.0647. The fourth-order valence-corrected chi connectivity index (χ4v) is 8.58. The Labute approximate surface area is 295 Å². The molecule has 1 aliphatic heterocycles. The molecule has 0 bridgehead atoms. The summed E-state index contributed by atoms with van der Waals surface area (Å²) >= 11 is 0. The Bertz CT molecular complexity index is 2730. The van der Waals surface area contributed by atoms with Crippen molar-refractivity contribution in [2.75, 3.05) is 0 Å². The summed E-state index contributed by atoms with van der Waals surface area (Å²) < 4.78 is 5.00. The van der Waals surface area contributed by atoms with Crippen molar-refractivity contribution in [1.82, 2.24) is 19.1 Å². The molecule has 6 aromatic carbocycles. The number of nitrogens with zero attached hydrogens (tertiary/aromatic N) is 4. The normalized spacial score (nSPS) is 16.8. The van der Waals surface area contributed by atoms with E-state index >= 15 is 0 Å². The highest BCUT2D eigenvalue weighted by atomic mass is 15.2. The van der Waals surface area contributed by atoms with Gasteiger partial charge in [-0.05, 0) is 40.5 Å². The third kappa shape index (κ3) is 4.17.